The number of rotatable bonds is 6. The van der Waals surface area contributed by atoms with Crippen LogP contribution >= 0.6 is 0 Å². The van der Waals surface area contributed by atoms with E-state index in [1.807, 2.05) is 12.1 Å². The van der Waals surface area contributed by atoms with Crippen molar-refractivity contribution in [3.05, 3.63) is 29.8 Å². The SMILES string of the molecule is COc1cc(CNCCc2ncn[nH]2)cc2c1OCCO2. The minimum absolute atomic E-state index is 0.554. The van der Waals surface area contributed by atoms with Crippen LogP contribution < -0.4 is 19.5 Å². The van der Waals surface area contributed by atoms with E-state index in [0.29, 0.717) is 24.7 Å². The van der Waals surface area contributed by atoms with Crippen molar-refractivity contribution in [2.75, 3.05) is 26.9 Å². The largest absolute Gasteiger partial charge is 0.493 e. The molecular formula is C14H18N4O3. The summed E-state index contributed by atoms with van der Waals surface area (Å²) in [6, 6.07) is 3.95. The van der Waals surface area contributed by atoms with Gasteiger partial charge < -0.3 is 19.5 Å². The Balaban J connectivity index is 1.60. The lowest BCUT2D eigenvalue weighted by Crippen LogP contribution is -2.19. The first kappa shape index (κ1) is 13.7. The average Bonchev–Trinajstić information content (AvgIpc) is 3.04. The standard InChI is InChI=1S/C14H18N4O3/c1-19-11-6-10(7-12-14(11)21-5-4-20-12)8-15-3-2-13-16-9-17-18-13/h6-7,9,15H,2-5,8H2,1H3,(H,16,17,18). The van der Waals surface area contributed by atoms with Crippen molar-refractivity contribution >= 4 is 0 Å². The average molecular weight is 290 g/mol. The van der Waals surface area contributed by atoms with E-state index in [2.05, 4.69) is 20.5 Å². The van der Waals surface area contributed by atoms with Gasteiger partial charge in [0.1, 0.15) is 25.4 Å². The molecule has 1 aromatic carbocycles. The Kier molecular flexibility index (Phi) is 4.20. The van der Waals surface area contributed by atoms with Crippen LogP contribution in [-0.4, -0.2) is 42.0 Å². The van der Waals surface area contributed by atoms with Gasteiger partial charge in [-0.05, 0) is 17.7 Å². The molecule has 3 rings (SSSR count). The van der Waals surface area contributed by atoms with Crippen LogP contribution in [0, 0.1) is 0 Å². The van der Waals surface area contributed by atoms with Gasteiger partial charge in [-0.1, -0.05) is 0 Å². The number of nitrogens with one attached hydrogen (secondary N) is 2. The number of aromatic nitrogens is 3. The number of benzene rings is 1. The van der Waals surface area contributed by atoms with Crippen LogP contribution in [0.4, 0.5) is 0 Å². The number of H-pyrrole nitrogens is 1. The van der Waals surface area contributed by atoms with Gasteiger partial charge in [0.05, 0.1) is 7.11 Å². The number of hydrogen-bond acceptors (Lipinski definition) is 6. The number of nitrogens with zero attached hydrogens (tertiary/aromatic N) is 2. The number of fused-ring (bicyclic) bond motifs is 1. The fraction of sp³-hybridized carbons (Fsp3) is 0.429. The summed E-state index contributed by atoms with van der Waals surface area (Å²) in [7, 11) is 1.63. The van der Waals surface area contributed by atoms with Crippen LogP contribution in [0.3, 0.4) is 0 Å². The Bertz CT molecular complexity index is 569. The number of ether oxygens (including phenoxy) is 3. The van der Waals surface area contributed by atoms with Crippen LogP contribution in [-0.2, 0) is 13.0 Å². The first-order valence-electron chi connectivity index (χ1n) is 6.88. The number of aromatic amines is 1. The summed E-state index contributed by atoms with van der Waals surface area (Å²) < 4.78 is 16.6. The number of hydrogen-bond donors (Lipinski definition) is 2. The Morgan fingerprint density at radius 2 is 2.24 bits per heavy atom. The maximum absolute atomic E-state index is 5.62. The zero-order valence-corrected chi connectivity index (χ0v) is 11.9. The Morgan fingerprint density at radius 3 is 3.05 bits per heavy atom. The lowest BCUT2D eigenvalue weighted by molar-refractivity contribution is 0.165. The topological polar surface area (TPSA) is 81.3 Å². The van der Waals surface area contributed by atoms with Crippen molar-refractivity contribution < 1.29 is 14.2 Å². The maximum atomic E-state index is 5.62. The highest BCUT2D eigenvalue weighted by molar-refractivity contribution is 5.54. The van der Waals surface area contributed by atoms with E-state index >= 15 is 0 Å². The normalized spacial score (nSPS) is 13.2. The second kappa shape index (κ2) is 6.45. The highest BCUT2D eigenvalue weighted by Gasteiger charge is 2.18. The maximum Gasteiger partial charge on any atom is 0.203 e. The molecule has 7 heteroatoms. The first-order valence-corrected chi connectivity index (χ1v) is 6.88. The molecule has 1 aromatic heterocycles. The molecule has 0 aliphatic carbocycles. The Hall–Kier alpha value is -2.28. The summed E-state index contributed by atoms with van der Waals surface area (Å²) in [6.07, 6.45) is 2.32. The zero-order chi connectivity index (χ0) is 14.5. The Morgan fingerprint density at radius 1 is 1.33 bits per heavy atom. The van der Waals surface area contributed by atoms with E-state index in [1.54, 1.807) is 7.11 Å². The molecule has 0 radical (unpaired) electrons. The van der Waals surface area contributed by atoms with E-state index in [-0.39, 0.29) is 0 Å². The molecule has 0 atom stereocenters. The van der Waals surface area contributed by atoms with Crippen molar-refractivity contribution in [1.82, 2.24) is 20.5 Å². The summed E-state index contributed by atoms with van der Waals surface area (Å²) >= 11 is 0. The summed E-state index contributed by atoms with van der Waals surface area (Å²) in [4.78, 5) is 4.08. The molecule has 21 heavy (non-hydrogen) atoms. The fourth-order valence-electron chi connectivity index (χ4n) is 2.22. The molecule has 2 aromatic rings. The van der Waals surface area contributed by atoms with Crippen molar-refractivity contribution in [1.29, 1.82) is 0 Å². The van der Waals surface area contributed by atoms with Crippen LogP contribution in [0.1, 0.15) is 11.4 Å². The summed E-state index contributed by atoms with van der Waals surface area (Å²) in [5.41, 5.74) is 1.09. The quantitative estimate of drug-likeness (QED) is 0.770. The third-order valence-corrected chi connectivity index (χ3v) is 3.22. The molecule has 7 nitrogen and oxygen atoms in total. The second-order valence-electron chi connectivity index (χ2n) is 4.68. The number of methoxy groups -OCH3 is 1. The van der Waals surface area contributed by atoms with Gasteiger partial charge in [-0.15, -0.1) is 0 Å². The molecule has 0 spiro atoms. The molecule has 1 aliphatic rings. The van der Waals surface area contributed by atoms with Gasteiger partial charge >= 0.3 is 0 Å². The molecular weight excluding hydrogens is 272 g/mol. The van der Waals surface area contributed by atoms with Crippen molar-refractivity contribution in [3.8, 4) is 17.2 Å². The highest BCUT2D eigenvalue weighted by atomic mass is 16.6. The minimum Gasteiger partial charge on any atom is -0.493 e. The van der Waals surface area contributed by atoms with Crippen LogP contribution in [0.25, 0.3) is 0 Å². The smallest absolute Gasteiger partial charge is 0.203 e. The molecule has 0 unspecified atom stereocenters. The van der Waals surface area contributed by atoms with Gasteiger partial charge in [-0.25, -0.2) is 4.98 Å². The molecule has 0 fully saturated rings. The zero-order valence-electron chi connectivity index (χ0n) is 11.9. The lowest BCUT2D eigenvalue weighted by atomic mass is 10.1. The van der Waals surface area contributed by atoms with Gasteiger partial charge in [-0.2, -0.15) is 5.10 Å². The molecule has 0 saturated carbocycles. The summed E-state index contributed by atoms with van der Waals surface area (Å²) in [6.45, 7) is 2.66. The van der Waals surface area contributed by atoms with Gasteiger partial charge in [0.2, 0.25) is 5.75 Å². The molecule has 1 aliphatic heterocycles. The second-order valence-corrected chi connectivity index (χ2v) is 4.68. The molecule has 0 bridgehead atoms. The molecule has 2 heterocycles. The van der Waals surface area contributed by atoms with E-state index < -0.39 is 0 Å². The predicted molar refractivity (Wildman–Crippen MR) is 75.8 cm³/mol. The predicted octanol–water partition coefficient (Wildman–Crippen LogP) is 0.917. The fourth-order valence-corrected chi connectivity index (χ4v) is 2.22. The third kappa shape index (κ3) is 3.25. The van der Waals surface area contributed by atoms with Crippen LogP contribution in [0.2, 0.25) is 0 Å². The van der Waals surface area contributed by atoms with Crippen molar-refractivity contribution in [2.45, 2.75) is 13.0 Å². The van der Waals surface area contributed by atoms with Gasteiger partial charge in [-0.3, -0.25) is 5.10 Å². The molecule has 112 valence electrons. The van der Waals surface area contributed by atoms with Gasteiger partial charge in [0, 0.05) is 19.5 Å². The van der Waals surface area contributed by atoms with E-state index in [0.717, 1.165) is 36.6 Å². The van der Waals surface area contributed by atoms with Crippen LogP contribution in [0.15, 0.2) is 18.5 Å². The van der Waals surface area contributed by atoms with Crippen molar-refractivity contribution in [2.24, 2.45) is 0 Å². The Labute approximate surface area is 122 Å². The first-order chi connectivity index (χ1) is 10.4. The third-order valence-electron chi connectivity index (χ3n) is 3.22. The van der Waals surface area contributed by atoms with Crippen LogP contribution in [0.5, 0.6) is 17.2 Å². The van der Waals surface area contributed by atoms with E-state index in [9.17, 15) is 0 Å². The molecule has 2 N–H and O–H groups in total. The molecule has 0 amide bonds. The van der Waals surface area contributed by atoms with E-state index in [4.69, 9.17) is 14.2 Å². The van der Waals surface area contributed by atoms with Gasteiger partial charge in [0.25, 0.3) is 0 Å². The minimum atomic E-state index is 0.554. The molecule has 0 saturated heterocycles. The lowest BCUT2D eigenvalue weighted by Gasteiger charge is -2.21. The van der Waals surface area contributed by atoms with E-state index in [1.165, 1.54) is 6.33 Å². The summed E-state index contributed by atoms with van der Waals surface area (Å²) in [5.74, 6) is 3.02. The highest BCUT2D eigenvalue weighted by Crippen LogP contribution is 2.40. The van der Waals surface area contributed by atoms with Crippen molar-refractivity contribution in [3.63, 3.8) is 0 Å². The monoisotopic (exact) mass is 290 g/mol. The van der Waals surface area contributed by atoms with Gasteiger partial charge in [0.15, 0.2) is 11.5 Å². The summed E-state index contributed by atoms with van der Waals surface area (Å²) in [5, 5.41) is 10.0.